The predicted octanol–water partition coefficient (Wildman–Crippen LogP) is -0.358. The largest absolute Gasteiger partial charge is 0.369 e. The molecule has 0 saturated carbocycles. The molecular formula is C15H28N4O2. The number of hydrogen-bond donors (Lipinski definition) is 2. The minimum absolute atomic E-state index is 0.251. The first kappa shape index (κ1) is 16.2. The summed E-state index contributed by atoms with van der Waals surface area (Å²) >= 11 is 0. The van der Waals surface area contributed by atoms with E-state index in [-0.39, 0.29) is 17.2 Å². The van der Waals surface area contributed by atoms with E-state index in [0.29, 0.717) is 19.0 Å². The fourth-order valence-electron chi connectivity index (χ4n) is 3.50. The first-order valence-corrected chi connectivity index (χ1v) is 7.96. The molecule has 0 aliphatic carbocycles. The van der Waals surface area contributed by atoms with Crippen molar-refractivity contribution in [1.29, 1.82) is 0 Å². The fraction of sp³-hybridized carbons (Fsp3) is 0.867. The van der Waals surface area contributed by atoms with E-state index in [2.05, 4.69) is 19.2 Å². The van der Waals surface area contributed by atoms with Gasteiger partial charge in [-0.1, -0.05) is 13.8 Å². The van der Waals surface area contributed by atoms with Crippen molar-refractivity contribution in [3.8, 4) is 0 Å². The molecule has 0 aromatic rings. The van der Waals surface area contributed by atoms with Crippen molar-refractivity contribution in [2.75, 3.05) is 45.8 Å². The van der Waals surface area contributed by atoms with Crippen LogP contribution >= 0.6 is 0 Å². The summed E-state index contributed by atoms with van der Waals surface area (Å²) in [5, 5.41) is 3.35. The highest BCUT2D eigenvalue weighted by atomic mass is 16.2. The van der Waals surface area contributed by atoms with Gasteiger partial charge in [-0.15, -0.1) is 0 Å². The van der Waals surface area contributed by atoms with E-state index in [4.69, 9.17) is 5.73 Å². The van der Waals surface area contributed by atoms with E-state index in [1.54, 1.807) is 0 Å². The molecular weight excluding hydrogens is 268 g/mol. The molecule has 2 heterocycles. The van der Waals surface area contributed by atoms with Crippen LogP contribution in [0.1, 0.15) is 26.7 Å². The van der Waals surface area contributed by atoms with E-state index in [1.807, 2.05) is 9.80 Å². The quantitative estimate of drug-likeness (QED) is 0.743. The molecule has 1 atom stereocenters. The topological polar surface area (TPSA) is 78.7 Å². The van der Waals surface area contributed by atoms with Gasteiger partial charge in [0.05, 0.1) is 12.0 Å². The van der Waals surface area contributed by atoms with Gasteiger partial charge in [-0.3, -0.25) is 14.5 Å². The number of amides is 2. The Morgan fingerprint density at radius 1 is 1.24 bits per heavy atom. The SMILES string of the molecule is CC(C)C1(C(=O)N2CCCN(CC(N)=O)CC2)CCNC1. The predicted molar refractivity (Wildman–Crippen MR) is 81.6 cm³/mol. The molecule has 2 aliphatic rings. The van der Waals surface area contributed by atoms with E-state index in [9.17, 15) is 9.59 Å². The lowest BCUT2D eigenvalue weighted by molar-refractivity contribution is -0.143. The van der Waals surface area contributed by atoms with Crippen LogP contribution in [0.4, 0.5) is 0 Å². The summed E-state index contributed by atoms with van der Waals surface area (Å²) in [6.45, 7) is 9.32. The first-order chi connectivity index (χ1) is 9.95. The van der Waals surface area contributed by atoms with Crippen molar-refractivity contribution in [2.24, 2.45) is 17.1 Å². The van der Waals surface area contributed by atoms with Gasteiger partial charge in [0, 0.05) is 32.7 Å². The van der Waals surface area contributed by atoms with Gasteiger partial charge < -0.3 is 16.0 Å². The summed E-state index contributed by atoms with van der Waals surface area (Å²) in [7, 11) is 0. The van der Waals surface area contributed by atoms with Gasteiger partial charge in [0.25, 0.3) is 0 Å². The highest BCUT2D eigenvalue weighted by Crippen LogP contribution is 2.36. The number of primary amides is 1. The lowest BCUT2D eigenvalue weighted by Crippen LogP contribution is -2.49. The van der Waals surface area contributed by atoms with Gasteiger partial charge in [0.1, 0.15) is 0 Å². The summed E-state index contributed by atoms with van der Waals surface area (Å²) in [6.07, 6.45) is 1.83. The monoisotopic (exact) mass is 296 g/mol. The Kier molecular flexibility index (Phi) is 5.22. The second-order valence-electron chi connectivity index (χ2n) is 6.63. The van der Waals surface area contributed by atoms with Crippen LogP contribution in [0.5, 0.6) is 0 Å². The maximum atomic E-state index is 13.0. The second kappa shape index (κ2) is 6.75. The van der Waals surface area contributed by atoms with Crippen molar-refractivity contribution in [3.05, 3.63) is 0 Å². The first-order valence-electron chi connectivity index (χ1n) is 7.96. The number of nitrogens with zero attached hydrogens (tertiary/aromatic N) is 2. The van der Waals surface area contributed by atoms with Crippen LogP contribution < -0.4 is 11.1 Å². The molecule has 1 unspecified atom stereocenters. The number of carbonyl (C=O) groups is 2. The maximum Gasteiger partial charge on any atom is 0.231 e. The van der Waals surface area contributed by atoms with Crippen molar-refractivity contribution < 1.29 is 9.59 Å². The molecule has 3 N–H and O–H groups in total. The highest BCUT2D eigenvalue weighted by molar-refractivity contribution is 5.84. The van der Waals surface area contributed by atoms with Crippen molar-refractivity contribution >= 4 is 11.8 Å². The Balaban J connectivity index is 2.01. The third-order valence-electron chi connectivity index (χ3n) is 4.97. The molecule has 2 fully saturated rings. The van der Waals surface area contributed by atoms with E-state index < -0.39 is 0 Å². The Labute approximate surface area is 127 Å². The third kappa shape index (κ3) is 3.55. The van der Waals surface area contributed by atoms with Crippen molar-refractivity contribution in [1.82, 2.24) is 15.1 Å². The minimum Gasteiger partial charge on any atom is -0.369 e. The summed E-state index contributed by atoms with van der Waals surface area (Å²) < 4.78 is 0. The van der Waals surface area contributed by atoms with Gasteiger partial charge in [0.2, 0.25) is 11.8 Å². The Bertz CT molecular complexity index is 391. The Morgan fingerprint density at radius 2 is 2.00 bits per heavy atom. The molecule has 2 amide bonds. The lowest BCUT2D eigenvalue weighted by atomic mass is 9.75. The van der Waals surface area contributed by atoms with Crippen molar-refractivity contribution in [2.45, 2.75) is 26.7 Å². The highest BCUT2D eigenvalue weighted by Gasteiger charge is 2.46. The van der Waals surface area contributed by atoms with Crippen LogP contribution in [-0.2, 0) is 9.59 Å². The molecule has 6 nitrogen and oxygen atoms in total. The maximum absolute atomic E-state index is 13.0. The lowest BCUT2D eigenvalue weighted by Gasteiger charge is -2.36. The van der Waals surface area contributed by atoms with Crippen LogP contribution in [0.25, 0.3) is 0 Å². The zero-order valence-corrected chi connectivity index (χ0v) is 13.2. The molecule has 0 bridgehead atoms. The van der Waals surface area contributed by atoms with Gasteiger partial charge in [-0.2, -0.15) is 0 Å². The molecule has 2 rings (SSSR count). The van der Waals surface area contributed by atoms with E-state index >= 15 is 0 Å². The number of carbonyl (C=O) groups excluding carboxylic acids is 2. The molecule has 120 valence electrons. The molecule has 2 aliphatic heterocycles. The van der Waals surface area contributed by atoms with Crippen LogP contribution in [0.15, 0.2) is 0 Å². The summed E-state index contributed by atoms with van der Waals surface area (Å²) in [5.41, 5.74) is 5.01. The van der Waals surface area contributed by atoms with Crippen LogP contribution in [0, 0.1) is 11.3 Å². The van der Waals surface area contributed by atoms with E-state index in [1.165, 1.54) is 0 Å². The van der Waals surface area contributed by atoms with Gasteiger partial charge in [-0.25, -0.2) is 0 Å². The Morgan fingerprint density at radius 3 is 2.57 bits per heavy atom. The molecule has 0 aromatic heterocycles. The number of nitrogens with two attached hydrogens (primary N) is 1. The second-order valence-corrected chi connectivity index (χ2v) is 6.63. The van der Waals surface area contributed by atoms with E-state index in [0.717, 1.165) is 45.6 Å². The number of nitrogens with one attached hydrogen (secondary N) is 1. The average Bonchev–Trinajstić information content (AvgIpc) is 2.81. The average molecular weight is 296 g/mol. The minimum atomic E-state index is -0.298. The smallest absolute Gasteiger partial charge is 0.231 e. The summed E-state index contributed by atoms with van der Waals surface area (Å²) in [5.74, 6) is 0.321. The van der Waals surface area contributed by atoms with Crippen molar-refractivity contribution in [3.63, 3.8) is 0 Å². The molecule has 0 radical (unpaired) electrons. The van der Waals surface area contributed by atoms with Crippen LogP contribution in [0.3, 0.4) is 0 Å². The Hall–Kier alpha value is -1.14. The molecule has 0 spiro atoms. The zero-order valence-electron chi connectivity index (χ0n) is 13.2. The van der Waals surface area contributed by atoms with Crippen LogP contribution in [0.2, 0.25) is 0 Å². The zero-order chi connectivity index (χ0) is 15.5. The molecule has 0 aromatic carbocycles. The molecule has 2 saturated heterocycles. The normalized spacial score (nSPS) is 27.9. The van der Waals surface area contributed by atoms with Gasteiger partial charge in [0.15, 0.2) is 0 Å². The number of hydrogen-bond acceptors (Lipinski definition) is 4. The molecule has 6 heteroatoms. The standard InChI is InChI=1S/C15H28N4O2/c1-12(2)15(4-5-17-11-15)14(21)19-7-3-6-18(8-9-19)10-13(16)20/h12,17H,3-11H2,1-2H3,(H2,16,20). The van der Waals surface area contributed by atoms with Crippen LogP contribution in [-0.4, -0.2) is 67.4 Å². The molecule has 21 heavy (non-hydrogen) atoms. The van der Waals surface area contributed by atoms with Gasteiger partial charge in [-0.05, 0) is 25.3 Å². The van der Waals surface area contributed by atoms with Gasteiger partial charge >= 0.3 is 0 Å². The third-order valence-corrected chi connectivity index (χ3v) is 4.97. The summed E-state index contributed by atoms with van der Waals surface area (Å²) in [6, 6.07) is 0. The fourth-order valence-corrected chi connectivity index (χ4v) is 3.50. The summed E-state index contributed by atoms with van der Waals surface area (Å²) in [4.78, 5) is 28.1. The number of rotatable bonds is 4.